The predicted octanol–water partition coefficient (Wildman–Crippen LogP) is 6.30. The Kier molecular flexibility index (Phi) is 7.31. The van der Waals surface area contributed by atoms with Gasteiger partial charge in [-0.3, -0.25) is 30.0 Å². The average Bonchev–Trinajstić information content (AvgIpc) is 3.52. The van der Waals surface area contributed by atoms with Crippen molar-refractivity contribution in [2.24, 2.45) is 0 Å². The Balaban J connectivity index is 1.57. The van der Waals surface area contributed by atoms with E-state index < -0.39 is 57.2 Å². The van der Waals surface area contributed by atoms with Gasteiger partial charge in [-0.05, 0) is 59.7 Å². The van der Waals surface area contributed by atoms with Crippen molar-refractivity contribution in [1.29, 1.82) is 0 Å². The Bertz CT molecular complexity index is 1750. The number of ether oxygens (including phenoxy) is 2. The molecule has 0 bridgehead atoms. The number of nitrogens with zero attached hydrogens (tertiary/aromatic N) is 6. The summed E-state index contributed by atoms with van der Waals surface area (Å²) in [6, 6.07) is 16.8. The highest BCUT2D eigenvalue weighted by Gasteiger charge is 2.60. The first-order chi connectivity index (χ1) is 22.0. The number of urea groups is 2. The largest absolute Gasteiger partial charge is 0.497 e. The van der Waals surface area contributed by atoms with Gasteiger partial charge in [0.25, 0.3) is 0 Å². The quantitative estimate of drug-likeness (QED) is 0.162. The average molecular weight is 633 g/mol. The Morgan fingerprint density at radius 2 is 0.957 bits per heavy atom. The fourth-order valence-electron chi connectivity index (χ4n) is 5.50. The molecule has 4 amide bonds. The smallest absolute Gasteiger partial charge is 0.347 e. The molecule has 0 unspecified atom stereocenters. The second kappa shape index (κ2) is 11.3. The van der Waals surface area contributed by atoms with Crippen molar-refractivity contribution in [3.8, 4) is 11.5 Å². The van der Waals surface area contributed by atoms with Crippen molar-refractivity contribution >= 4 is 34.8 Å². The van der Waals surface area contributed by atoms with Crippen LogP contribution >= 0.6 is 0 Å². The van der Waals surface area contributed by atoms with Gasteiger partial charge in [-0.25, -0.2) is 19.6 Å². The Morgan fingerprint density at radius 3 is 1.26 bits per heavy atom. The molecular weight excluding hydrogens is 610 g/mol. The third-order valence-electron chi connectivity index (χ3n) is 7.63. The molecule has 14 nitrogen and oxygen atoms in total. The number of hydrazine groups is 1. The van der Waals surface area contributed by atoms with Gasteiger partial charge in [0.1, 0.15) is 11.5 Å². The minimum Gasteiger partial charge on any atom is -0.497 e. The molecular formula is C30H22F2N6O8. The zero-order valence-electron chi connectivity index (χ0n) is 23.9. The molecule has 0 spiro atoms. The Morgan fingerprint density at radius 1 is 0.609 bits per heavy atom. The number of amides is 4. The Labute approximate surface area is 258 Å². The van der Waals surface area contributed by atoms with Gasteiger partial charge < -0.3 is 9.47 Å². The molecule has 0 saturated carbocycles. The van der Waals surface area contributed by atoms with Gasteiger partial charge in [-0.2, -0.15) is 8.78 Å². The molecule has 46 heavy (non-hydrogen) atoms. The molecule has 0 N–H and O–H groups in total. The summed E-state index contributed by atoms with van der Waals surface area (Å²) in [6.07, 6.45) is -2.56. The van der Waals surface area contributed by atoms with E-state index in [1.165, 1.54) is 26.4 Å². The van der Waals surface area contributed by atoms with Crippen LogP contribution < -0.4 is 19.3 Å². The minimum absolute atomic E-state index is 0.0847. The maximum atomic E-state index is 14.5. The minimum atomic E-state index is -1.28. The highest BCUT2D eigenvalue weighted by Crippen LogP contribution is 2.50. The number of nitro benzene ring substituents is 2. The number of hydrogen-bond acceptors (Lipinski definition) is 8. The lowest BCUT2D eigenvalue weighted by molar-refractivity contribution is -0.387. The number of fused-ring (bicyclic) bond motifs is 1. The summed E-state index contributed by atoms with van der Waals surface area (Å²) < 4.78 is 39.2. The van der Waals surface area contributed by atoms with Crippen LogP contribution in [0, 0.1) is 31.9 Å². The van der Waals surface area contributed by atoms with Gasteiger partial charge >= 0.3 is 23.4 Å². The van der Waals surface area contributed by atoms with Crippen LogP contribution in [0.5, 0.6) is 11.5 Å². The third-order valence-corrected chi connectivity index (χ3v) is 7.63. The van der Waals surface area contributed by atoms with Crippen LogP contribution in [0.1, 0.15) is 23.5 Å². The zero-order chi connectivity index (χ0) is 32.9. The molecule has 2 heterocycles. The number of carbonyl (C=O) groups is 2. The first-order valence-electron chi connectivity index (χ1n) is 13.5. The van der Waals surface area contributed by atoms with E-state index in [2.05, 4.69) is 0 Å². The Hall–Kier alpha value is -6.32. The summed E-state index contributed by atoms with van der Waals surface area (Å²) in [5.74, 6) is -1.34. The molecule has 0 aromatic heterocycles. The maximum absolute atomic E-state index is 14.5. The number of nitro groups is 2. The number of methoxy groups -OCH3 is 2. The van der Waals surface area contributed by atoms with Crippen molar-refractivity contribution in [2.45, 2.75) is 12.3 Å². The topological polar surface area (TPSA) is 152 Å². The summed E-state index contributed by atoms with van der Waals surface area (Å²) >= 11 is 0. The lowest BCUT2D eigenvalue weighted by Gasteiger charge is -2.29. The fraction of sp³-hybridized carbons (Fsp3) is 0.133. The summed E-state index contributed by atoms with van der Waals surface area (Å²) in [5.41, 5.74) is -1.23. The molecule has 2 atom stereocenters. The second-order valence-corrected chi connectivity index (χ2v) is 10.1. The summed E-state index contributed by atoms with van der Waals surface area (Å²) in [5, 5.41) is 25.4. The van der Waals surface area contributed by atoms with E-state index in [9.17, 15) is 38.6 Å². The number of benzene rings is 4. The molecule has 4 aromatic carbocycles. The third kappa shape index (κ3) is 4.72. The van der Waals surface area contributed by atoms with E-state index in [1.807, 2.05) is 0 Å². The molecule has 2 fully saturated rings. The van der Waals surface area contributed by atoms with Crippen molar-refractivity contribution < 1.29 is 37.7 Å². The maximum Gasteiger partial charge on any atom is 0.347 e. The van der Waals surface area contributed by atoms with E-state index in [1.54, 1.807) is 48.5 Å². The highest BCUT2D eigenvalue weighted by atomic mass is 19.1. The lowest BCUT2D eigenvalue weighted by Crippen LogP contribution is -2.40. The molecule has 4 aromatic rings. The van der Waals surface area contributed by atoms with Crippen LogP contribution in [0.25, 0.3) is 0 Å². The lowest BCUT2D eigenvalue weighted by atomic mass is 10.1. The van der Waals surface area contributed by atoms with Crippen LogP contribution in [-0.4, -0.2) is 46.1 Å². The SMILES string of the molecule is COc1ccc([C@@H]2N(c3ccc(F)c([N+](=O)[O-])c3)C(=O)N3[C@H](c4ccc(OC)cc4)N(c4ccc(F)c([N+](=O)[O-])c4)C(=O)N23)cc1. The number of hydrogen-bond donors (Lipinski definition) is 0. The molecule has 6 rings (SSSR count). The van der Waals surface area contributed by atoms with Gasteiger partial charge in [0.05, 0.1) is 35.4 Å². The van der Waals surface area contributed by atoms with E-state index >= 15 is 0 Å². The van der Waals surface area contributed by atoms with Crippen molar-refractivity contribution in [3.63, 3.8) is 0 Å². The fourth-order valence-corrected chi connectivity index (χ4v) is 5.50. The van der Waals surface area contributed by atoms with E-state index in [0.717, 1.165) is 44.1 Å². The monoisotopic (exact) mass is 632 g/mol. The molecule has 0 radical (unpaired) electrons. The van der Waals surface area contributed by atoms with Crippen LogP contribution in [0.15, 0.2) is 84.9 Å². The van der Waals surface area contributed by atoms with Crippen LogP contribution in [0.4, 0.5) is 41.1 Å². The second-order valence-electron chi connectivity index (χ2n) is 10.1. The molecule has 2 aliphatic heterocycles. The van der Waals surface area contributed by atoms with Crippen molar-refractivity contribution in [3.05, 3.63) is 128 Å². The highest BCUT2D eigenvalue weighted by molar-refractivity contribution is 6.05. The van der Waals surface area contributed by atoms with Gasteiger partial charge in [0.2, 0.25) is 11.6 Å². The summed E-state index contributed by atoms with van der Waals surface area (Å²) in [4.78, 5) is 52.5. The number of carbonyl (C=O) groups excluding carboxylic acids is 2. The standard InChI is InChI=1S/C30H22F2N6O8/c1-45-21-9-3-17(4-10-21)27-33(19-7-13-23(31)25(15-19)37(41)42)29(39)36-28(18-5-11-22(46-2)12-6-18)34(30(40)35(27)36)20-8-14-24(32)26(16-20)38(43)44/h3-16,27-28H,1-2H3/t27-,28-/m1/s1. The van der Waals surface area contributed by atoms with E-state index in [0.29, 0.717) is 22.6 Å². The summed E-state index contributed by atoms with van der Waals surface area (Å²) in [6.45, 7) is 0. The normalized spacial score (nSPS) is 17.4. The van der Waals surface area contributed by atoms with Gasteiger partial charge in [-0.1, -0.05) is 24.3 Å². The number of anilines is 2. The molecule has 2 saturated heterocycles. The van der Waals surface area contributed by atoms with E-state index in [-0.39, 0.29) is 11.4 Å². The predicted molar refractivity (Wildman–Crippen MR) is 157 cm³/mol. The molecule has 0 aliphatic carbocycles. The van der Waals surface area contributed by atoms with Gasteiger partial charge in [0, 0.05) is 12.1 Å². The van der Waals surface area contributed by atoms with Crippen molar-refractivity contribution in [1.82, 2.24) is 10.0 Å². The first-order valence-corrected chi connectivity index (χ1v) is 13.5. The molecule has 2 aliphatic rings. The molecule has 234 valence electrons. The summed E-state index contributed by atoms with van der Waals surface area (Å²) in [7, 11) is 2.89. The number of halogens is 2. The first kappa shape index (κ1) is 29.7. The number of rotatable bonds is 8. The molecule has 16 heteroatoms. The van der Waals surface area contributed by atoms with E-state index in [4.69, 9.17) is 9.47 Å². The van der Waals surface area contributed by atoms with Crippen LogP contribution in [0.3, 0.4) is 0 Å². The van der Waals surface area contributed by atoms with Crippen molar-refractivity contribution in [2.75, 3.05) is 24.0 Å². The van der Waals surface area contributed by atoms with Crippen LogP contribution in [-0.2, 0) is 0 Å². The van der Waals surface area contributed by atoms with Crippen LogP contribution in [0.2, 0.25) is 0 Å². The zero-order valence-corrected chi connectivity index (χ0v) is 23.9. The van der Waals surface area contributed by atoms with Gasteiger partial charge in [-0.15, -0.1) is 0 Å². The van der Waals surface area contributed by atoms with Gasteiger partial charge in [0.15, 0.2) is 12.3 Å².